The summed E-state index contributed by atoms with van der Waals surface area (Å²) >= 11 is 0. The van der Waals surface area contributed by atoms with Crippen molar-refractivity contribution in [3.05, 3.63) is 29.8 Å². The molecule has 0 spiro atoms. The Morgan fingerprint density at radius 1 is 0.882 bits per heavy atom. The Morgan fingerprint density at radius 3 is 2.12 bits per heavy atom. The van der Waals surface area contributed by atoms with Crippen LogP contribution in [0.3, 0.4) is 0 Å². The first-order valence-electron chi connectivity index (χ1n) is 7.03. The third-order valence-electron chi connectivity index (χ3n) is 3.23. The zero-order chi connectivity index (χ0) is 12.5. The summed E-state index contributed by atoms with van der Waals surface area (Å²) in [7, 11) is 2.74. The number of rotatable bonds is 8. The second-order valence-electron chi connectivity index (χ2n) is 5.44. The molecule has 17 heavy (non-hydrogen) atoms. The molecule has 0 fully saturated rings. The van der Waals surface area contributed by atoms with Crippen LogP contribution in [-0.2, 0) is 6.42 Å². The molecular weight excluding hydrogens is 223 g/mol. The van der Waals surface area contributed by atoms with E-state index in [2.05, 4.69) is 47.4 Å². The van der Waals surface area contributed by atoms with E-state index < -0.39 is 0 Å². The molecule has 0 amide bonds. The molecule has 0 heterocycles. The Bertz CT molecular complexity index is 287. The lowest BCUT2D eigenvalue weighted by Gasteiger charge is -2.05. The van der Waals surface area contributed by atoms with Crippen LogP contribution in [0.25, 0.3) is 0 Å². The Labute approximate surface area is 109 Å². The van der Waals surface area contributed by atoms with Gasteiger partial charge in [0.15, 0.2) is 0 Å². The molecule has 1 heteroatoms. The van der Waals surface area contributed by atoms with Crippen molar-refractivity contribution < 1.29 is 0 Å². The summed E-state index contributed by atoms with van der Waals surface area (Å²) in [5.74, 6) is 0.875. The van der Waals surface area contributed by atoms with Gasteiger partial charge in [0.05, 0.1) is 0 Å². The van der Waals surface area contributed by atoms with E-state index in [1.807, 2.05) is 0 Å². The molecule has 0 N–H and O–H groups in total. The average Bonchev–Trinajstić information content (AvgIpc) is 2.30. The van der Waals surface area contributed by atoms with E-state index in [0.29, 0.717) is 0 Å². The van der Waals surface area contributed by atoms with Gasteiger partial charge in [-0.05, 0) is 29.6 Å². The molecule has 0 saturated carbocycles. The molecule has 0 nitrogen and oxygen atoms in total. The maximum atomic E-state index is 2.74. The van der Waals surface area contributed by atoms with Crippen LogP contribution < -0.4 is 5.30 Å². The Hall–Kier alpha value is -0.350. The molecule has 0 aliphatic rings. The fourth-order valence-corrected chi connectivity index (χ4v) is 2.29. The highest BCUT2D eigenvalue weighted by Gasteiger charge is 1.96. The molecule has 0 saturated heterocycles. The van der Waals surface area contributed by atoms with Crippen molar-refractivity contribution >= 4 is 14.5 Å². The summed E-state index contributed by atoms with van der Waals surface area (Å²) in [5.41, 5.74) is 1.48. The molecule has 0 aromatic heterocycles. The van der Waals surface area contributed by atoms with Crippen molar-refractivity contribution in [1.82, 2.24) is 0 Å². The molecule has 1 unspecified atom stereocenters. The van der Waals surface area contributed by atoms with E-state index in [0.717, 1.165) is 5.92 Å². The van der Waals surface area contributed by atoms with Crippen molar-refractivity contribution in [1.29, 1.82) is 0 Å². The zero-order valence-corrected chi connectivity index (χ0v) is 12.6. The van der Waals surface area contributed by atoms with E-state index in [4.69, 9.17) is 0 Å². The van der Waals surface area contributed by atoms with Gasteiger partial charge in [0.1, 0.15) is 0 Å². The molecule has 0 aliphatic heterocycles. The fourth-order valence-electron chi connectivity index (χ4n) is 2.10. The molecule has 0 radical (unpaired) electrons. The maximum absolute atomic E-state index is 2.74. The highest BCUT2D eigenvalue weighted by Crippen LogP contribution is 2.12. The first kappa shape index (κ1) is 14.7. The third kappa shape index (κ3) is 7.55. The number of hydrogen-bond acceptors (Lipinski definition) is 0. The molecule has 1 rings (SSSR count). The van der Waals surface area contributed by atoms with Gasteiger partial charge in [-0.15, -0.1) is 9.24 Å². The van der Waals surface area contributed by atoms with Crippen molar-refractivity contribution in [2.24, 2.45) is 5.92 Å². The Kier molecular flexibility index (Phi) is 7.53. The highest BCUT2D eigenvalue weighted by molar-refractivity contribution is 7.27. The summed E-state index contributed by atoms with van der Waals surface area (Å²) in [6, 6.07) is 8.87. The molecule has 96 valence electrons. The summed E-state index contributed by atoms with van der Waals surface area (Å²) in [6.07, 6.45) is 9.62. The molecule has 0 bridgehead atoms. The standard InChI is InChI=1S/C16H27P/c1-14(2)8-6-4-3-5-7-9-15-10-12-16(17)13-11-15/h10-14H,3-9,17H2,1-2H3. The van der Waals surface area contributed by atoms with E-state index in [-0.39, 0.29) is 0 Å². The number of benzene rings is 1. The van der Waals surface area contributed by atoms with E-state index in [1.165, 1.54) is 55.8 Å². The predicted molar refractivity (Wildman–Crippen MR) is 82.0 cm³/mol. The smallest absolute Gasteiger partial charge is 0.0279 e. The van der Waals surface area contributed by atoms with Crippen LogP contribution >= 0.6 is 9.24 Å². The maximum Gasteiger partial charge on any atom is -0.0279 e. The number of unbranched alkanes of at least 4 members (excludes halogenated alkanes) is 4. The number of aryl methyl sites for hydroxylation is 1. The lowest BCUT2D eigenvalue weighted by molar-refractivity contribution is 0.515. The van der Waals surface area contributed by atoms with Crippen LogP contribution in [0, 0.1) is 5.92 Å². The van der Waals surface area contributed by atoms with Gasteiger partial charge in [0.2, 0.25) is 0 Å². The van der Waals surface area contributed by atoms with Crippen LogP contribution in [0.1, 0.15) is 57.9 Å². The monoisotopic (exact) mass is 250 g/mol. The third-order valence-corrected chi connectivity index (χ3v) is 3.61. The normalized spacial score (nSPS) is 11.1. The summed E-state index contributed by atoms with van der Waals surface area (Å²) < 4.78 is 0. The lowest BCUT2D eigenvalue weighted by Crippen LogP contribution is -1.92. The molecule has 1 aromatic carbocycles. The highest BCUT2D eigenvalue weighted by atomic mass is 31.0. The van der Waals surface area contributed by atoms with E-state index in [1.54, 1.807) is 0 Å². The molecule has 1 atom stereocenters. The van der Waals surface area contributed by atoms with Crippen LogP contribution in [-0.4, -0.2) is 0 Å². The molecule has 0 aliphatic carbocycles. The van der Waals surface area contributed by atoms with Crippen LogP contribution in [0.4, 0.5) is 0 Å². The van der Waals surface area contributed by atoms with E-state index >= 15 is 0 Å². The van der Waals surface area contributed by atoms with Crippen LogP contribution in [0.5, 0.6) is 0 Å². The minimum absolute atomic E-state index is 0.875. The van der Waals surface area contributed by atoms with Crippen molar-refractivity contribution in [2.45, 2.75) is 58.8 Å². The second kappa shape index (κ2) is 8.70. The van der Waals surface area contributed by atoms with Gasteiger partial charge < -0.3 is 0 Å². The van der Waals surface area contributed by atoms with Crippen LogP contribution in [0.15, 0.2) is 24.3 Å². The molecular formula is C16H27P. The quantitative estimate of drug-likeness (QED) is 0.462. The van der Waals surface area contributed by atoms with Crippen molar-refractivity contribution in [3.63, 3.8) is 0 Å². The van der Waals surface area contributed by atoms with Crippen molar-refractivity contribution in [3.8, 4) is 0 Å². The predicted octanol–water partition coefficient (Wildman–Crippen LogP) is 4.73. The second-order valence-corrected chi connectivity index (χ2v) is 6.11. The average molecular weight is 250 g/mol. The molecule has 1 aromatic rings. The van der Waals surface area contributed by atoms with Gasteiger partial charge in [-0.25, -0.2) is 0 Å². The van der Waals surface area contributed by atoms with Crippen LogP contribution in [0.2, 0.25) is 0 Å². The Balaban J connectivity index is 1.99. The summed E-state index contributed by atoms with van der Waals surface area (Å²) in [5, 5.41) is 1.28. The minimum atomic E-state index is 0.875. The number of hydrogen-bond donors (Lipinski definition) is 0. The van der Waals surface area contributed by atoms with E-state index in [9.17, 15) is 0 Å². The zero-order valence-electron chi connectivity index (χ0n) is 11.4. The van der Waals surface area contributed by atoms with Gasteiger partial charge in [-0.1, -0.05) is 70.2 Å². The largest absolute Gasteiger partial charge is 0.106 e. The van der Waals surface area contributed by atoms with Gasteiger partial charge in [-0.3, -0.25) is 0 Å². The topological polar surface area (TPSA) is 0 Å². The first-order valence-corrected chi connectivity index (χ1v) is 7.60. The summed E-state index contributed by atoms with van der Waals surface area (Å²) in [4.78, 5) is 0. The van der Waals surface area contributed by atoms with Gasteiger partial charge in [-0.2, -0.15) is 0 Å². The van der Waals surface area contributed by atoms with Gasteiger partial charge in [0.25, 0.3) is 0 Å². The first-order chi connectivity index (χ1) is 8.18. The lowest BCUT2D eigenvalue weighted by atomic mass is 10.0. The fraction of sp³-hybridized carbons (Fsp3) is 0.625. The Morgan fingerprint density at radius 2 is 1.47 bits per heavy atom. The summed E-state index contributed by atoms with van der Waals surface area (Å²) in [6.45, 7) is 4.63. The van der Waals surface area contributed by atoms with Gasteiger partial charge in [0, 0.05) is 0 Å². The minimum Gasteiger partial charge on any atom is -0.106 e. The SMILES string of the molecule is CC(C)CCCCCCCc1ccc(P)cc1. The van der Waals surface area contributed by atoms with Gasteiger partial charge >= 0.3 is 0 Å². The van der Waals surface area contributed by atoms with Crippen molar-refractivity contribution in [2.75, 3.05) is 0 Å².